The zero-order valence-corrected chi connectivity index (χ0v) is 11.7. The summed E-state index contributed by atoms with van der Waals surface area (Å²) in [4.78, 5) is 14.0. The molecular formula is InO2SnZn. The van der Waals surface area contributed by atoms with Crippen LogP contribution in [-0.4, -0.2) is 49.8 Å². The van der Waals surface area contributed by atoms with Crippen LogP contribution >= 0.6 is 0 Å². The fourth-order valence-corrected chi connectivity index (χ4v) is 0. The van der Waals surface area contributed by atoms with Crippen molar-refractivity contribution in [2.45, 2.75) is 0 Å². The quantitative estimate of drug-likeness (QED) is 0.551. The molecule has 0 rings (SSSR count). The second kappa shape index (κ2) is 39.4. The third-order valence-electron chi connectivity index (χ3n) is 0. The average Bonchev–Trinajstić information content (AvgIpc) is 1.00. The van der Waals surface area contributed by atoms with Crippen molar-refractivity contribution >= 4 is 49.8 Å². The summed E-state index contributed by atoms with van der Waals surface area (Å²) in [6, 6.07) is 0. The van der Waals surface area contributed by atoms with Crippen LogP contribution in [-0.2, 0) is 19.5 Å². The van der Waals surface area contributed by atoms with Crippen LogP contribution in [0.2, 0.25) is 0 Å². The second-order valence-electron chi connectivity index (χ2n) is 0. The molecule has 0 saturated carbocycles. The molecular weight excluding hydrogens is 331 g/mol. The standard InChI is InChI=1S/In.O2.Sn.Zn/c;1-2;;. The van der Waals surface area contributed by atoms with Crippen molar-refractivity contribution in [2.75, 3.05) is 0 Å². The van der Waals surface area contributed by atoms with E-state index < -0.39 is 0 Å². The first-order valence-corrected chi connectivity index (χ1v) is 0.167. The Morgan fingerprint density at radius 1 is 1.00 bits per heavy atom. The van der Waals surface area contributed by atoms with Crippen molar-refractivity contribution in [2.24, 2.45) is 0 Å². The van der Waals surface area contributed by atoms with E-state index in [-0.39, 0.29) is 69.2 Å². The van der Waals surface area contributed by atoms with E-state index in [1.54, 1.807) is 0 Å². The van der Waals surface area contributed by atoms with Crippen molar-refractivity contribution in [3.05, 3.63) is 9.93 Å². The zero-order chi connectivity index (χ0) is 2.00. The summed E-state index contributed by atoms with van der Waals surface area (Å²) >= 11 is 0. The molecule has 0 N–H and O–H groups in total. The van der Waals surface area contributed by atoms with E-state index in [1.165, 1.54) is 0 Å². The molecule has 0 unspecified atom stereocenters. The fourth-order valence-electron chi connectivity index (χ4n) is 0. The van der Waals surface area contributed by atoms with Crippen molar-refractivity contribution in [1.82, 2.24) is 0 Å². The maximum Gasteiger partial charge on any atom is 0 e. The van der Waals surface area contributed by atoms with Gasteiger partial charge in [-0.3, -0.25) is 0 Å². The van der Waals surface area contributed by atoms with Gasteiger partial charge in [0.15, 0.2) is 0 Å². The molecule has 21 valence electrons. The Morgan fingerprint density at radius 2 is 1.00 bits per heavy atom. The monoisotopic (exact) mass is 331 g/mol. The Kier molecular flexibility index (Phi) is 225. The van der Waals surface area contributed by atoms with Gasteiger partial charge >= 0.3 is 0 Å². The summed E-state index contributed by atoms with van der Waals surface area (Å²) in [5, 5.41) is 0. The topological polar surface area (TPSA) is 34.1 Å². The molecule has 0 saturated heterocycles. The van der Waals surface area contributed by atoms with E-state index in [0.29, 0.717) is 0 Å². The van der Waals surface area contributed by atoms with Crippen LogP contribution in [0.5, 0.6) is 0 Å². The van der Waals surface area contributed by atoms with Gasteiger partial charge in [-0.25, -0.2) is 0 Å². The minimum atomic E-state index is 0. The van der Waals surface area contributed by atoms with Gasteiger partial charge in [-0.1, -0.05) is 0 Å². The molecule has 0 bridgehead atoms. The largest absolute Gasteiger partial charge is 0 e. The summed E-state index contributed by atoms with van der Waals surface area (Å²) in [7, 11) is 0. The molecule has 2 nitrogen and oxygen atoms in total. The Balaban J connectivity index is -0.00000000167. The third-order valence-corrected chi connectivity index (χ3v) is 0. The molecule has 0 aliphatic carbocycles. The van der Waals surface area contributed by atoms with Crippen molar-refractivity contribution in [3.63, 3.8) is 0 Å². The predicted molar refractivity (Wildman–Crippen MR) is 18.2 cm³/mol. The van der Waals surface area contributed by atoms with Gasteiger partial charge in [0.25, 0.3) is 0 Å². The second-order valence-corrected chi connectivity index (χ2v) is 0. The fraction of sp³-hybridized carbons (Fsp3) is 0. The van der Waals surface area contributed by atoms with Gasteiger partial charge in [-0.15, -0.1) is 0 Å². The molecule has 0 heterocycles. The van der Waals surface area contributed by atoms with Gasteiger partial charge in [-0.05, 0) is 0 Å². The maximum absolute atomic E-state index is 7.00. The molecule has 0 aromatic heterocycles. The van der Waals surface area contributed by atoms with Gasteiger partial charge in [0, 0.05) is 79.2 Å². The SMILES string of the molecule is O=O.[In].[Sn].[Zn]. The van der Waals surface area contributed by atoms with Crippen molar-refractivity contribution < 1.29 is 19.5 Å². The Bertz CT molecular complexity index is 9.61. The van der Waals surface area contributed by atoms with Crippen LogP contribution in [0.25, 0.3) is 0 Å². The molecule has 0 aromatic rings. The van der Waals surface area contributed by atoms with Crippen molar-refractivity contribution in [1.29, 1.82) is 0 Å². The first-order valence-electron chi connectivity index (χ1n) is 0.167. The van der Waals surface area contributed by atoms with Gasteiger partial charge < -0.3 is 0 Å². The number of hydrogen-bond acceptors (Lipinski definition) is 2. The van der Waals surface area contributed by atoms with Crippen LogP contribution in [0.15, 0.2) is 0 Å². The molecule has 5 heavy (non-hydrogen) atoms. The van der Waals surface area contributed by atoms with E-state index in [2.05, 4.69) is 0 Å². The predicted octanol–water partition coefficient (Wildman–Crippen LogP) is -0.697. The number of rotatable bonds is 0. The van der Waals surface area contributed by atoms with Gasteiger partial charge in [0.2, 0.25) is 0 Å². The van der Waals surface area contributed by atoms with Crippen LogP contribution in [0, 0.1) is 9.93 Å². The smallest absolute Gasteiger partial charge is 0 e. The van der Waals surface area contributed by atoms with Crippen LogP contribution in [0.3, 0.4) is 0 Å². The molecule has 0 spiro atoms. The molecule has 5 heteroatoms. The minimum Gasteiger partial charge on any atom is 0 e. The Labute approximate surface area is 78.2 Å². The maximum atomic E-state index is 7.00. The molecule has 7 radical (unpaired) electrons. The van der Waals surface area contributed by atoms with Crippen molar-refractivity contribution in [3.8, 4) is 0 Å². The summed E-state index contributed by atoms with van der Waals surface area (Å²) < 4.78 is 0. The molecule has 0 atom stereocenters. The van der Waals surface area contributed by atoms with E-state index >= 15 is 0 Å². The molecule has 0 fully saturated rings. The first kappa shape index (κ1) is 28.6. The Morgan fingerprint density at radius 3 is 1.00 bits per heavy atom. The summed E-state index contributed by atoms with van der Waals surface area (Å²) in [5.41, 5.74) is 0. The summed E-state index contributed by atoms with van der Waals surface area (Å²) in [5.74, 6) is 0. The molecule has 0 aliphatic rings. The van der Waals surface area contributed by atoms with Crippen LogP contribution < -0.4 is 0 Å². The number of hydrogen-bond donors (Lipinski definition) is 0. The summed E-state index contributed by atoms with van der Waals surface area (Å²) in [6.07, 6.45) is 0. The summed E-state index contributed by atoms with van der Waals surface area (Å²) in [6.45, 7) is 0. The molecule has 0 aromatic carbocycles. The third kappa shape index (κ3) is 24.9. The normalized spacial score (nSPS) is 0.800. The zero-order valence-electron chi connectivity index (χ0n) is 2.60. The van der Waals surface area contributed by atoms with Gasteiger partial charge in [-0.2, -0.15) is 0 Å². The molecule has 0 aliphatic heterocycles. The first-order chi connectivity index (χ1) is 1.00. The van der Waals surface area contributed by atoms with Gasteiger partial charge in [0.05, 0.1) is 0 Å². The van der Waals surface area contributed by atoms with E-state index in [0.717, 1.165) is 0 Å². The van der Waals surface area contributed by atoms with E-state index in [4.69, 9.17) is 9.93 Å². The van der Waals surface area contributed by atoms with Gasteiger partial charge in [0.1, 0.15) is 0 Å². The van der Waals surface area contributed by atoms with E-state index in [9.17, 15) is 0 Å². The van der Waals surface area contributed by atoms with Crippen LogP contribution in [0.4, 0.5) is 0 Å². The minimum absolute atomic E-state index is 0. The van der Waals surface area contributed by atoms with Crippen LogP contribution in [0.1, 0.15) is 0 Å². The molecule has 0 amide bonds. The average molecular weight is 331 g/mol. The van der Waals surface area contributed by atoms with E-state index in [1.807, 2.05) is 0 Å². The Hall–Kier alpha value is 1.89.